The maximum atomic E-state index is 11.9. The number of hydrogen-bond donors (Lipinski definition) is 2. The molecule has 0 bridgehead atoms. The maximum absolute atomic E-state index is 11.9. The number of carboxylic acids is 1. The zero-order valence-electron chi connectivity index (χ0n) is 8.29. The van der Waals surface area contributed by atoms with E-state index >= 15 is 0 Å². The van der Waals surface area contributed by atoms with Gasteiger partial charge < -0.3 is 19.6 Å². The number of aromatic amines is 1. The number of carboxylic acid groups (broad SMARTS) is 1. The predicted octanol–water partition coefficient (Wildman–Crippen LogP) is 0.980. The summed E-state index contributed by atoms with van der Waals surface area (Å²) in [6.07, 6.45) is -5.08. The molecule has 0 atom stereocenters. The summed E-state index contributed by atoms with van der Waals surface area (Å²) in [5.74, 6) is -3.28. The zero-order chi connectivity index (χ0) is 13.2. The van der Waals surface area contributed by atoms with Crippen molar-refractivity contribution < 1.29 is 32.5 Å². The van der Waals surface area contributed by atoms with E-state index in [2.05, 4.69) is 9.47 Å². The molecule has 9 heteroatoms. The molecule has 1 aromatic rings. The summed E-state index contributed by atoms with van der Waals surface area (Å²) in [7, 11) is 0.976. The summed E-state index contributed by atoms with van der Waals surface area (Å²) in [5, 5.41) is 8.56. The number of halogens is 3. The minimum atomic E-state index is -5.08. The molecule has 2 N–H and O–H groups in total. The molecule has 0 spiro atoms. The Morgan fingerprint density at radius 2 is 2.06 bits per heavy atom. The number of ether oxygens (including phenoxy) is 2. The molecule has 1 heterocycles. The lowest BCUT2D eigenvalue weighted by Gasteiger charge is -2.11. The van der Waals surface area contributed by atoms with Crippen LogP contribution in [-0.4, -0.2) is 29.5 Å². The zero-order valence-corrected chi connectivity index (χ0v) is 8.29. The van der Waals surface area contributed by atoms with Crippen LogP contribution in [0.4, 0.5) is 13.2 Å². The summed E-state index contributed by atoms with van der Waals surface area (Å²) < 4.78 is 43.7. The van der Waals surface area contributed by atoms with Crippen molar-refractivity contribution in [3.05, 3.63) is 22.1 Å². The largest absolute Gasteiger partial charge is 0.573 e. The lowest BCUT2D eigenvalue weighted by atomic mass is 10.3. The summed E-state index contributed by atoms with van der Waals surface area (Å²) >= 11 is 0. The van der Waals surface area contributed by atoms with Crippen LogP contribution in [0.15, 0.2) is 10.9 Å². The van der Waals surface area contributed by atoms with Crippen LogP contribution in [0.25, 0.3) is 0 Å². The third-order valence-electron chi connectivity index (χ3n) is 1.62. The van der Waals surface area contributed by atoms with Crippen LogP contribution >= 0.6 is 0 Å². The highest BCUT2D eigenvalue weighted by atomic mass is 19.4. The maximum Gasteiger partial charge on any atom is 0.573 e. The molecule has 0 fully saturated rings. The number of alkyl halides is 3. The minimum absolute atomic E-state index is 0.610. The number of aromatic nitrogens is 1. The molecular weight excluding hydrogens is 247 g/mol. The van der Waals surface area contributed by atoms with E-state index in [0.717, 1.165) is 7.11 Å². The van der Waals surface area contributed by atoms with Crippen molar-refractivity contribution >= 4 is 5.97 Å². The topological polar surface area (TPSA) is 88.6 Å². The standard InChI is InChI=1S/C8H6F3NO5/c1-16-4-2-3(7(14)15)12-6(13)5(4)17-8(9,10)11/h2H,1H3,(H,12,13)(H,14,15). The van der Waals surface area contributed by atoms with Gasteiger partial charge in [0.2, 0.25) is 5.75 Å². The van der Waals surface area contributed by atoms with Crippen LogP contribution < -0.4 is 15.0 Å². The van der Waals surface area contributed by atoms with Gasteiger partial charge in [0.1, 0.15) is 5.69 Å². The Hall–Kier alpha value is -2.19. The highest BCUT2D eigenvalue weighted by Gasteiger charge is 2.34. The minimum Gasteiger partial charge on any atom is -0.493 e. The molecule has 1 rings (SSSR count). The number of pyridine rings is 1. The van der Waals surface area contributed by atoms with E-state index in [-0.39, 0.29) is 0 Å². The molecule has 0 amide bonds. The van der Waals surface area contributed by atoms with Crippen molar-refractivity contribution in [3.63, 3.8) is 0 Å². The molecule has 0 aromatic carbocycles. The van der Waals surface area contributed by atoms with Crippen LogP contribution in [0.5, 0.6) is 11.5 Å². The summed E-state index contributed by atoms with van der Waals surface area (Å²) in [6.45, 7) is 0. The van der Waals surface area contributed by atoms with Gasteiger partial charge in [0.05, 0.1) is 7.11 Å². The van der Waals surface area contributed by atoms with Crippen LogP contribution in [0.2, 0.25) is 0 Å². The molecule has 0 saturated carbocycles. The second kappa shape index (κ2) is 4.36. The first kappa shape index (κ1) is 12.9. The first-order valence-corrected chi connectivity index (χ1v) is 4.05. The number of methoxy groups -OCH3 is 1. The molecule has 94 valence electrons. The van der Waals surface area contributed by atoms with E-state index in [1.165, 1.54) is 0 Å². The van der Waals surface area contributed by atoms with Gasteiger partial charge in [-0.25, -0.2) is 4.79 Å². The summed E-state index contributed by atoms with van der Waals surface area (Å²) in [5.41, 5.74) is -1.96. The van der Waals surface area contributed by atoms with Gasteiger partial charge in [-0.05, 0) is 0 Å². The molecule has 0 radical (unpaired) electrons. The molecule has 0 unspecified atom stereocenters. The lowest BCUT2D eigenvalue weighted by molar-refractivity contribution is -0.275. The molecule has 0 aliphatic heterocycles. The van der Waals surface area contributed by atoms with Gasteiger partial charge >= 0.3 is 12.3 Å². The van der Waals surface area contributed by atoms with Crippen molar-refractivity contribution in [2.45, 2.75) is 6.36 Å². The third kappa shape index (κ3) is 3.13. The molecule has 1 aromatic heterocycles. The Balaban J connectivity index is 3.32. The third-order valence-corrected chi connectivity index (χ3v) is 1.62. The molecular formula is C8H6F3NO5. The summed E-state index contributed by atoms with van der Waals surface area (Å²) in [4.78, 5) is 23.4. The highest BCUT2D eigenvalue weighted by Crippen LogP contribution is 2.28. The van der Waals surface area contributed by atoms with Crippen molar-refractivity contribution in [2.24, 2.45) is 0 Å². The average Bonchev–Trinajstić information content (AvgIpc) is 2.18. The Bertz CT molecular complexity index is 493. The smallest absolute Gasteiger partial charge is 0.493 e. The highest BCUT2D eigenvalue weighted by molar-refractivity contribution is 5.86. The molecule has 0 aliphatic rings. The van der Waals surface area contributed by atoms with E-state index in [1.807, 2.05) is 0 Å². The van der Waals surface area contributed by atoms with E-state index < -0.39 is 35.1 Å². The molecule has 17 heavy (non-hydrogen) atoms. The first-order valence-electron chi connectivity index (χ1n) is 4.05. The Morgan fingerprint density at radius 1 is 1.47 bits per heavy atom. The van der Waals surface area contributed by atoms with E-state index in [9.17, 15) is 22.8 Å². The second-order valence-corrected chi connectivity index (χ2v) is 2.76. The quantitative estimate of drug-likeness (QED) is 0.838. The predicted molar refractivity (Wildman–Crippen MR) is 47.3 cm³/mol. The monoisotopic (exact) mass is 253 g/mol. The average molecular weight is 253 g/mol. The number of rotatable bonds is 3. The summed E-state index contributed by atoms with van der Waals surface area (Å²) in [6, 6.07) is 0.713. The Labute approximate surface area is 91.6 Å². The number of carbonyl (C=O) groups is 1. The number of aromatic carboxylic acids is 1. The number of nitrogens with one attached hydrogen (secondary N) is 1. The van der Waals surface area contributed by atoms with Crippen molar-refractivity contribution in [1.82, 2.24) is 4.98 Å². The van der Waals surface area contributed by atoms with Crippen LogP contribution in [-0.2, 0) is 0 Å². The second-order valence-electron chi connectivity index (χ2n) is 2.76. The Kier molecular flexibility index (Phi) is 3.30. The van der Waals surface area contributed by atoms with Gasteiger partial charge in [-0.2, -0.15) is 0 Å². The Morgan fingerprint density at radius 3 is 2.47 bits per heavy atom. The number of H-pyrrole nitrogens is 1. The molecule has 6 nitrogen and oxygen atoms in total. The van der Waals surface area contributed by atoms with Gasteiger partial charge in [0, 0.05) is 6.07 Å². The van der Waals surface area contributed by atoms with Crippen LogP contribution in [0, 0.1) is 0 Å². The first-order chi connectivity index (χ1) is 7.74. The van der Waals surface area contributed by atoms with Crippen LogP contribution in [0.1, 0.15) is 10.5 Å². The van der Waals surface area contributed by atoms with E-state index in [4.69, 9.17) is 5.11 Å². The molecule has 0 saturated heterocycles. The van der Waals surface area contributed by atoms with E-state index in [1.54, 1.807) is 4.98 Å². The lowest BCUT2D eigenvalue weighted by Crippen LogP contribution is -2.24. The van der Waals surface area contributed by atoms with Crippen LogP contribution in [0.3, 0.4) is 0 Å². The van der Waals surface area contributed by atoms with E-state index in [0.29, 0.717) is 6.07 Å². The van der Waals surface area contributed by atoms with Crippen molar-refractivity contribution in [1.29, 1.82) is 0 Å². The fourth-order valence-electron chi connectivity index (χ4n) is 1.00. The van der Waals surface area contributed by atoms with Crippen molar-refractivity contribution in [2.75, 3.05) is 7.11 Å². The molecule has 0 aliphatic carbocycles. The normalized spacial score (nSPS) is 11.1. The van der Waals surface area contributed by atoms with Gasteiger partial charge in [0.25, 0.3) is 5.56 Å². The van der Waals surface area contributed by atoms with Crippen molar-refractivity contribution in [3.8, 4) is 11.5 Å². The fourth-order valence-corrected chi connectivity index (χ4v) is 1.00. The SMILES string of the molecule is COc1cc(C(=O)O)[nH]c(=O)c1OC(F)(F)F. The van der Waals surface area contributed by atoms with Gasteiger partial charge in [-0.3, -0.25) is 4.79 Å². The van der Waals surface area contributed by atoms with Gasteiger partial charge in [-0.15, -0.1) is 13.2 Å². The van der Waals surface area contributed by atoms with Gasteiger partial charge in [0.15, 0.2) is 5.75 Å². The fraction of sp³-hybridized carbons (Fsp3) is 0.250. The van der Waals surface area contributed by atoms with Gasteiger partial charge in [-0.1, -0.05) is 0 Å². The number of hydrogen-bond acceptors (Lipinski definition) is 4.